The minimum absolute atomic E-state index is 0. The van der Waals surface area contributed by atoms with Crippen LogP contribution in [0.3, 0.4) is 0 Å². The van der Waals surface area contributed by atoms with Crippen LogP contribution in [0.5, 0.6) is 5.75 Å². The van der Waals surface area contributed by atoms with Crippen LogP contribution in [0, 0.1) is 0 Å². The molecule has 1 N–H and O–H groups in total. The third-order valence-electron chi connectivity index (χ3n) is 2.84. The van der Waals surface area contributed by atoms with Gasteiger partial charge < -0.3 is 9.15 Å². The summed E-state index contributed by atoms with van der Waals surface area (Å²) in [5.41, 5.74) is 2.36. The molecule has 0 radical (unpaired) electrons. The zero-order chi connectivity index (χ0) is 15.0. The molecule has 1 aromatic heterocycles. The number of fused-ring (bicyclic) bond motifs is 1. The van der Waals surface area contributed by atoms with Gasteiger partial charge in [0.2, 0.25) is 0 Å². The van der Waals surface area contributed by atoms with Crippen LogP contribution in [0.1, 0.15) is 0 Å². The molecule has 0 aliphatic rings. The SMILES string of the molecule is Cl.O=c1[nH]c2cc(-c3ccc(OC(F)(F)F)cc3)ccc2o1. The molecule has 0 unspecified atom stereocenters. The van der Waals surface area contributed by atoms with Crippen LogP contribution in [0.2, 0.25) is 0 Å². The molecule has 0 fully saturated rings. The highest BCUT2D eigenvalue weighted by atomic mass is 35.5. The average Bonchev–Trinajstić information content (AvgIpc) is 2.76. The molecular weight excluding hydrogens is 323 g/mol. The Hall–Kier alpha value is -2.41. The highest BCUT2D eigenvalue weighted by Crippen LogP contribution is 2.27. The minimum Gasteiger partial charge on any atom is -0.408 e. The van der Waals surface area contributed by atoms with Gasteiger partial charge in [-0.1, -0.05) is 18.2 Å². The lowest BCUT2D eigenvalue weighted by molar-refractivity contribution is -0.274. The van der Waals surface area contributed by atoms with Crippen LogP contribution in [-0.4, -0.2) is 11.3 Å². The van der Waals surface area contributed by atoms with Gasteiger partial charge in [0.1, 0.15) is 5.75 Å². The number of aromatic nitrogens is 1. The van der Waals surface area contributed by atoms with Crippen LogP contribution in [-0.2, 0) is 0 Å². The fraction of sp³-hybridized carbons (Fsp3) is 0.0714. The first kappa shape index (κ1) is 16.0. The first-order chi connectivity index (χ1) is 9.90. The van der Waals surface area contributed by atoms with Crippen molar-refractivity contribution in [3.63, 3.8) is 0 Å². The smallest absolute Gasteiger partial charge is 0.408 e. The number of halogens is 4. The van der Waals surface area contributed by atoms with Crippen molar-refractivity contribution >= 4 is 23.5 Å². The Morgan fingerprint density at radius 1 is 1.00 bits per heavy atom. The van der Waals surface area contributed by atoms with Gasteiger partial charge in [0.25, 0.3) is 0 Å². The number of ether oxygens (including phenoxy) is 1. The van der Waals surface area contributed by atoms with Crippen molar-refractivity contribution < 1.29 is 22.3 Å². The lowest BCUT2D eigenvalue weighted by Gasteiger charge is -2.09. The second-order valence-electron chi connectivity index (χ2n) is 4.30. The molecule has 22 heavy (non-hydrogen) atoms. The van der Waals surface area contributed by atoms with Crippen LogP contribution < -0.4 is 10.5 Å². The summed E-state index contributed by atoms with van der Waals surface area (Å²) in [5.74, 6) is -0.847. The molecule has 116 valence electrons. The van der Waals surface area contributed by atoms with Crippen molar-refractivity contribution in [2.24, 2.45) is 0 Å². The van der Waals surface area contributed by atoms with E-state index < -0.39 is 12.1 Å². The Labute approximate surface area is 127 Å². The molecule has 8 heteroatoms. The molecule has 0 aliphatic heterocycles. The minimum atomic E-state index is -4.71. The molecule has 0 bridgehead atoms. The molecular formula is C14H9ClF3NO3. The maximum Gasteiger partial charge on any atom is 0.573 e. The van der Waals surface area contributed by atoms with Gasteiger partial charge >= 0.3 is 12.1 Å². The number of hydrogen-bond acceptors (Lipinski definition) is 3. The molecule has 0 aliphatic carbocycles. The molecule has 0 amide bonds. The Balaban J connectivity index is 0.00000176. The van der Waals surface area contributed by atoms with E-state index in [0.29, 0.717) is 16.7 Å². The average molecular weight is 332 g/mol. The fourth-order valence-corrected chi connectivity index (χ4v) is 1.98. The van der Waals surface area contributed by atoms with Crippen molar-refractivity contribution in [3.05, 3.63) is 53.0 Å². The van der Waals surface area contributed by atoms with Crippen LogP contribution in [0.4, 0.5) is 13.2 Å². The second kappa shape index (κ2) is 5.76. The number of hydrogen-bond donors (Lipinski definition) is 1. The summed E-state index contributed by atoms with van der Waals surface area (Å²) >= 11 is 0. The number of H-pyrrole nitrogens is 1. The summed E-state index contributed by atoms with van der Waals surface area (Å²) in [7, 11) is 0. The summed E-state index contributed by atoms with van der Waals surface area (Å²) in [6.07, 6.45) is -4.71. The summed E-state index contributed by atoms with van der Waals surface area (Å²) in [6, 6.07) is 10.5. The third-order valence-corrected chi connectivity index (χ3v) is 2.84. The van der Waals surface area contributed by atoms with E-state index in [1.165, 1.54) is 24.3 Å². The maximum absolute atomic E-state index is 12.1. The monoisotopic (exact) mass is 331 g/mol. The van der Waals surface area contributed by atoms with Gasteiger partial charge in [0.05, 0.1) is 5.52 Å². The predicted molar refractivity (Wildman–Crippen MR) is 76.2 cm³/mol. The quantitative estimate of drug-likeness (QED) is 0.769. The Bertz CT molecular complexity index is 837. The number of rotatable bonds is 2. The van der Waals surface area contributed by atoms with E-state index in [9.17, 15) is 18.0 Å². The van der Waals surface area contributed by atoms with Crippen LogP contribution >= 0.6 is 12.4 Å². The van der Waals surface area contributed by atoms with E-state index in [0.717, 1.165) is 5.56 Å². The molecule has 4 nitrogen and oxygen atoms in total. The van der Waals surface area contributed by atoms with Crippen molar-refractivity contribution in [2.75, 3.05) is 0 Å². The zero-order valence-electron chi connectivity index (χ0n) is 10.8. The highest BCUT2D eigenvalue weighted by Gasteiger charge is 2.30. The molecule has 2 aromatic carbocycles. The lowest BCUT2D eigenvalue weighted by Crippen LogP contribution is -2.16. The summed E-state index contributed by atoms with van der Waals surface area (Å²) in [6.45, 7) is 0. The van der Waals surface area contributed by atoms with Gasteiger partial charge in [-0.3, -0.25) is 4.98 Å². The molecule has 3 rings (SSSR count). The van der Waals surface area contributed by atoms with Gasteiger partial charge in [-0.15, -0.1) is 25.6 Å². The number of alkyl halides is 3. The van der Waals surface area contributed by atoms with Crippen LogP contribution in [0.15, 0.2) is 51.7 Å². The summed E-state index contributed by atoms with van der Waals surface area (Å²) in [5, 5.41) is 0. The van der Waals surface area contributed by atoms with Crippen molar-refractivity contribution in [3.8, 4) is 16.9 Å². The molecule has 0 spiro atoms. The normalized spacial score (nSPS) is 11.2. The molecule has 0 atom stereocenters. The standard InChI is InChI=1S/C14H8F3NO3.ClH/c15-14(16,17)21-10-4-1-8(2-5-10)9-3-6-12-11(7-9)18-13(19)20-12;/h1-7H,(H,18,19);1H. The van der Waals surface area contributed by atoms with E-state index in [1.807, 2.05) is 0 Å². The van der Waals surface area contributed by atoms with Gasteiger partial charge in [0, 0.05) is 0 Å². The lowest BCUT2D eigenvalue weighted by atomic mass is 10.1. The Kier molecular flexibility index (Phi) is 4.18. The van der Waals surface area contributed by atoms with Crippen molar-refractivity contribution in [2.45, 2.75) is 6.36 Å². The van der Waals surface area contributed by atoms with Gasteiger partial charge in [-0.25, -0.2) is 4.79 Å². The molecule has 0 saturated carbocycles. The summed E-state index contributed by atoms with van der Waals surface area (Å²) < 4.78 is 44.9. The Morgan fingerprint density at radius 3 is 2.27 bits per heavy atom. The zero-order valence-corrected chi connectivity index (χ0v) is 11.6. The highest BCUT2D eigenvalue weighted by molar-refractivity contribution is 5.85. The van der Waals surface area contributed by atoms with E-state index >= 15 is 0 Å². The van der Waals surface area contributed by atoms with Gasteiger partial charge in [-0.05, 0) is 35.4 Å². The fourth-order valence-electron chi connectivity index (χ4n) is 1.98. The number of nitrogens with one attached hydrogen (secondary N) is 1. The van der Waals surface area contributed by atoms with Gasteiger partial charge in [-0.2, -0.15) is 0 Å². The van der Waals surface area contributed by atoms with Gasteiger partial charge in [0.15, 0.2) is 5.58 Å². The van der Waals surface area contributed by atoms with E-state index in [2.05, 4.69) is 9.72 Å². The topological polar surface area (TPSA) is 55.2 Å². The molecule has 3 aromatic rings. The van der Waals surface area contributed by atoms with E-state index in [-0.39, 0.29) is 18.2 Å². The number of aromatic amines is 1. The number of oxazole rings is 1. The first-order valence-corrected chi connectivity index (χ1v) is 5.90. The third kappa shape index (κ3) is 3.43. The number of benzene rings is 2. The van der Waals surface area contributed by atoms with Crippen molar-refractivity contribution in [1.29, 1.82) is 0 Å². The van der Waals surface area contributed by atoms with E-state index in [4.69, 9.17) is 4.42 Å². The molecule has 1 heterocycles. The predicted octanol–water partition coefficient (Wildman–Crippen LogP) is 4.11. The van der Waals surface area contributed by atoms with E-state index in [1.54, 1.807) is 18.2 Å². The second-order valence-corrected chi connectivity index (χ2v) is 4.30. The van der Waals surface area contributed by atoms with Crippen molar-refractivity contribution in [1.82, 2.24) is 4.98 Å². The molecule has 0 saturated heterocycles. The largest absolute Gasteiger partial charge is 0.573 e. The summed E-state index contributed by atoms with van der Waals surface area (Å²) in [4.78, 5) is 13.6. The van der Waals surface area contributed by atoms with Crippen LogP contribution in [0.25, 0.3) is 22.2 Å². The maximum atomic E-state index is 12.1. The first-order valence-electron chi connectivity index (χ1n) is 5.90. The Morgan fingerprint density at radius 2 is 1.64 bits per heavy atom.